The molecule has 2 aromatic rings. The van der Waals surface area contributed by atoms with Crippen LogP contribution in [0, 0.1) is 6.92 Å². The molecule has 1 N–H and O–H groups in total. The topological polar surface area (TPSA) is 65.3 Å². The highest BCUT2D eigenvalue weighted by atomic mass is 16.5. The van der Waals surface area contributed by atoms with Crippen LogP contribution in [0.4, 0.5) is 0 Å². The van der Waals surface area contributed by atoms with E-state index >= 15 is 0 Å². The van der Waals surface area contributed by atoms with E-state index in [1.807, 2.05) is 24.7 Å². The van der Waals surface area contributed by atoms with Crippen LogP contribution in [0.15, 0.2) is 17.2 Å². The van der Waals surface area contributed by atoms with Gasteiger partial charge in [0.25, 0.3) is 11.5 Å². The zero-order valence-electron chi connectivity index (χ0n) is 16.2. The first-order valence-electron chi connectivity index (χ1n) is 9.50. The van der Waals surface area contributed by atoms with Crippen LogP contribution in [-0.2, 0) is 18.8 Å². The summed E-state index contributed by atoms with van der Waals surface area (Å²) < 4.78 is 9.28. The standard InChI is InChI=1S/C20H29N3O3/c1-5-9-26-15-8-6-7-14(10-15)21-19(24)16-12-22(3)18-13(2)11-23(4)20(25)17(16)18/h11-12,14-15H,5-10H2,1-4H3,(H,21,24)/t14-,15-/m1/s1. The van der Waals surface area contributed by atoms with E-state index in [2.05, 4.69) is 12.2 Å². The minimum absolute atomic E-state index is 0.0991. The van der Waals surface area contributed by atoms with Crippen molar-refractivity contribution in [1.82, 2.24) is 14.5 Å². The second-order valence-electron chi connectivity index (χ2n) is 7.44. The molecule has 1 fully saturated rings. The number of amides is 1. The molecule has 2 aromatic heterocycles. The largest absolute Gasteiger partial charge is 0.378 e. The van der Waals surface area contributed by atoms with Gasteiger partial charge in [-0.1, -0.05) is 6.92 Å². The Morgan fingerprint density at radius 3 is 2.77 bits per heavy atom. The van der Waals surface area contributed by atoms with Crippen LogP contribution in [0.25, 0.3) is 10.9 Å². The van der Waals surface area contributed by atoms with Gasteiger partial charge in [0.1, 0.15) is 0 Å². The lowest BCUT2D eigenvalue weighted by Gasteiger charge is -2.29. The Morgan fingerprint density at radius 1 is 1.27 bits per heavy atom. The lowest BCUT2D eigenvalue weighted by atomic mass is 9.92. The first-order chi connectivity index (χ1) is 12.4. The van der Waals surface area contributed by atoms with Crippen molar-refractivity contribution in [2.75, 3.05) is 6.61 Å². The van der Waals surface area contributed by atoms with Crippen molar-refractivity contribution < 1.29 is 9.53 Å². The van der Waals surface area contributed by atoms with Crippen molar-refractivity contribution in [2.24, 2.45) is 14.1 Å². The van der Waals surface area contributed by atoms with E-state index in [-0.39, 0.29) is 23.6 Å². The Morgan fingerprint density at radius 2 is 2.04 bits per heavy atom. The number of aromatic nitrogens is 2. The van der Waals surface area contributed by atoms with E-state index in [0.29, 0.717) is 10.9 Å². The Hall–Kier alpha value is -2.08. The lowest BCUT2D eigenvalue weighted by Crippen LogP contribution is -2.40. The molecule has 0 saturated heterocycles. The van der Waals surface area contributed by atoms with Gasteiger partial charge in [-0.15, -0.1) is 0 Å². The molecule has 1 aliphatic rings. The van der Waals surface area contributed by atoms with Gasteiger partial charge in [-0.05, 0) is 44.6 Å². The molecule has 6 nitrogen and oxygen atoms in total. The van der Waals surface area contributed by atoms with Crippen LogP contribution in [-0.4, -0.2) is 33.8 Å². The third-order valence-corrected chi connectivity index (χ3v) is 5.24. The number of hydrogen-bond donors (Lipinski definition) is 1. The fourth-order valence-corrected chi connectivity index (χ4v) is 4.05. The van der Waals surface area contributed by atoms with Crippen molar-refractivity contribution in [3.8, 4) is 0 Å². The van der Waals surface area contributed by atoms with E-state index in [1.54, 1.807) is 17.8 Å². The third-order valence-electron chi connectivity index (χ3n) is 5.24. The van der Waals surface area contributed by atoms with Gasteiger partial charge in [0.2, 0.25) is 0 Å². The summed E-state index contributed by atoms with van der Waals surface area (Å²) in [6.45, 7) is 4.83. The molecule has 2 heterocycles. The third kappa shape index (κ3) is 3.56. The number of hydrogen-bond acceptors (Lipinski definition) is 3. The lowest BCUT2D eigenvalue weighted by molar-refractivity contribution is 0.0200. The maximum atomic E-state index is 12.9. The summed E-state index contributed by atoms with van der Waals surface area (Å²) in [5.41, 5.74) is 2.13. The smallest absolute Gasteiger partial charge is 0.260 e. The Balaban J connectivity index is 1.83. The van der Waals surface area contributed by atoms with Crippen molar-refractivity contribution in [3.05, 3.63) is 33.9 Å². The highest BCUT2D eigenvalue weighted by Crippen LogP contribution is 2.24. The zero-order valence-corrected chi connectivity index (χ0v) is 16.2. The molecule has 26 heavy (non-hydrogen) atoms. The molecule has 1 saturated carbocycles. The van der Waals surface area contributed by atoms with Gasteiger partial charge in [0.15, 0.2) is 0 Å². The first kappa shape index (κ1) is 18.7. The van der Waals surface area contributed by atoms with Crippen LogP contribution in [0.3, 0.4) is 0 Å². The van der Waals surface area contributed by atoms with Gasteiger partial charge in [-0.3, -0.25) is 9.59 Å². The summed E-state index contributed by atoms with van der Waals surface area (Å²) in [6, 6.07) is 0.0991. The molecule has 0 aromatic carbocycles. The number of aryl methyl sites for hydroxylation is 3. The first-order valence-corrected chi connectivity index (χ1v) is 9.50. The molecule has 0 aliphatic heterocycles. The van der Waals surface area contributed by atoms with Crippen molar-refractivity contribution >= 4 is 16.8 Å². The molecule has 0 bridgehead atoms. The van der Waals surface area contributed by atoms with E-state index in [4.69, 9.17) is 4.74 Å². The molecule has 0 radical (unpaired) electrons. The van der Waals surface area contributed by atoms with E-state index < -0.39 is 0 Å². The summed E-state index contributed by atoms with van der Waals surface area (Å²) in [6.07, 6.45) is 8.71. The normalized spacial score (nSPS) is 20.5. The fourth-order valence-electron chi connectivity index (χ4n) is 4.05. The summed E-state index contributed by atoms with van der Waals surface area (Å²) in [5, 5.41) is 3.63. The number of carbonyl (C=O) groups is 1. The minimum Gasteiger partial charge on any atom is -0.378 e. The maximum Gasteiger partial charge on any atom is 0.260 e. The van der Waals surface area contributed by atoms with Crippen molar-refractivity contribution in [3.63, 3.8) is 0 Å². The number of nitrogens with zero attached hydrogens (tertiary/aromatic N) is 2. The number of carbonyl (C=O) groups excluding carboxylic acids is 1. The monoisotopic (exact) mass is 359 g/mol. The molecule has 1 aliphatic carbocycles. The number of pyridine rings is 1. The highest BCUT2D eigenvalue weighted by molar-refractivity contribution is 6.07. The quantitative estimate of drug-likeness (QED) is 0.893. The van der Waals surface area contributed by atoms with Crippen LogP contribution < -0.4 is 10.9 Å². The van der Waals surface area contributed by atoms with Crippen LogP contribution >= 0.6 is 0 Å². The summed E-state index contributed by atoms with van der Waals surface area (Å²) >= 11 is 0. The second kappa shape index (κ2) is 7.66. The number of ether oxygens (including phenoxy) is 1. The predicted molar refractivity (Wildman–Crippen MR) is 103 cm³/mol. The Labute approximate surface area is 154 Å². The Bertz CT molecular complexity index is 865. The molecule has 0 spiro atoms. The maximum absolute atomic E-state index is 12.9. The van der Waals surface area contributed by atoms with Gasteiger partial charge < -0.3 is 19.2 Å². The van der Waals surface area contributed by atoms with E-state index in [0.717, 1.165) is 49.8 Å². The molecular weight excluding hydrogens is 330 g/mol. The van der Waals surface area contributed by atoms with Gasteiger partial charge in [-0.25, -0.2) is 0 Å². The van der Waals surface area contributed by atoms with Gasteiger partial charge in [-0.2, -0.15) is 0 Å². The molecule has 142 valence electrons. The van der Waals surface area contributed by atoms with Crippen molar-refractivity contribution in [2.45, 2.75) is 58.1 Å². The summed E-state index contributed by atoms with van der Waals surface area (Å²) in [7, 11) is 3.60. The fraction of sp³-hybridized carbons (Fsp3) is 0.600. The van der Waals surface area contributed by atoms with Gasteiger partial charge in [0, 0.05) is 39.1 Å². The molecule has 2 atom stereocenters. The van der Waals surface area contributed by atoms with E-state index in [1.165, 1.54) is 0 Å². The molecular formula is C20H29N3O3. The van der Waals surface area contributed by atoms with Crippen LogP contribution in [0.2, 0.25) is 0 Å². The number of rotatable bonds is 5. The predicted octanol–water partition coefficient (Wildman–Crippen LogP) is 2.65. The van der Waals surface area contributed by atoms with Gasteiger partial charge >= 0.3 is 0 Å². The van der Waals surface area contributed by atoms with Gasteiger partial charge in [0.05, 0.1) is 22.6 Å². The molecule has 3 rings (SSSR count). The minimum atomic E-state index is -0.167. The molecule has 0 unspecified atom stereocenters. The van der Waals surface area contributed by atoms with Crippen LogP contribution in [0.1, 0.15) is 54.9 Å². The molecule has 1 amide bonds. The van der Waals surface area contributed by atoms with Crippen molar-refractivity contribution in [1.29, 1.82) is 0 Å². The highest BCUT2D eigenvalue weighted by Gasteiger charge is 2.26. The summed E-state index contributed by atoms with van der Waals surface area (Å²) in [5.74, 6) is -0.167. The zero-order chi connectivity index (χ0) is 18.8. The molecule has 6 heteroatoms. The SMILES string of the molecule is CCCO[C@@H]1CCC[C@@H](NC(=O)c2cn(C)c3c(C)cn(C)c(=O)c23)C1. The second-order valence-corrected chi connectivity index (χ2v) is 7.44. The average Bonchev–Trinajstić information content (AvgIpc) is 2.96. The van der Waals surface area contributed by atoms with E-state index in [9.17, 15) is 9.59 Å². The number of nitrogens with one attached hydrogen (secondary N) is 1. The van der Waals surface area contributed by atoms with Crippen LogP contribution in [0.5, 0.6) is 0 Å². The average molecular weight is 359 g/mol. The Kier molecular flexibility index (Phi) is 5.51. The summed E-state index contributed by atoms with van der Waals surface area (Å²) in [4.78, 5) is 25.6. The number of fused-ring (bicyclic) bond motifs is 1.